The third kappa shape index (κ3) is 1.46. The maximum atomic E-state index is 10.5. The predicted molar refractivity (Wildman–Crippen MR) is 29.6 cm³/mol. The lowest BCUT2D eigenvalue weighted by Gasteiger charge is -1.91. The summed E-state index contributed by atoms with van der Waals surface area (Å²) in [6, 6.07) is 0. The first kappa shape index (κ1) is 5.51. The van der Waals surface area contributed by atoms with Crippen molar-refractivity contribution in [2.45, 2.75) is 6.42 Å². The first-order chi connectivity index (χ1) is 3.89. The molecule has 1 aliphatic rings. The van der Waals surface area contributed by atoms with Crippen LogP contribution in [0, 0.1) is 0 Å². The maximum Gasteiger partial charge on any atom is 0.180 e. The summed E-state index contributed by atoms with van der Waals surface area (Å²) in [6.07, 6.45) is 4.29. The van der Waals surface area contributed by atoms with Gasteiger partial charge in [0.2, 0.25) is 0 Å². The topological polar surface area (TPSA) is 26.3 Å². The fourth-order valence-electron chi connectivity index (χ4n) is 0.587. The third-order valence-corrected chi connectivity index (χ3v) is 0.977. The SMILES string of the molecule is O=C1C=CCCOC1. The number of carbonyl (C=O) groups excluding carboxylic acids is 1. The zero-order chi connectivity index (χ0) is 5.82. The lowest BCUT2D eigenvalue weighted by atomic mass is 10.3. The summed E-state index contributed by atoms with van der Waals surface area (Å²) in [6.45, 7) is 0.943. The van der Waals surface area contributed by atoms with Crippen LogP contribution in [0.4, 0.5) is 0 Å². The molecule has 1 heterocycles. The second-order valence-corrected chi connectivity index (χ2v) is 1.71. The summed E-state index contributed by atoms with van der Waals surface area (Å²) in [7, 11) is 0. The smallest absolute Gasteiger partial charge is 0.180 e. The largest absolute Gasteiger partial charge is 0.373 e. The highest BCUT2D eigenvalue weighted by atomic mass is 16.5. The molecule has 0 aromatic carbocycles. The fraction of sp³-hybridized carbons (Fsp3) is 0.500. The minimum atomic E-state index is 0.0718. The minimum Gasteiger partial charge on any atom is -0.373 e. The molecule has 1 aliphatic heterocycles. The summed E-state index contributed by atoms with van der Waals surface area (Å²) in [4.78, 5) is 10.5. The van der Waals surface area contributed by atoms with E-state index in [-0.39, 0.29) is 12.4 Å². The van der Waals surface area contributed by atoms with Gasteiger partial charge in [-0.05, 0) is 12.5 Å². The van der Waals surface area contributed by atoms with Crippen molar-refractivity contribution in [1.29, 1.82) is 0 Å². The van der Waals surface area contributed by atoms with E-state index in [4.69, 9.17) is 4.74 Å². The predicted octanol–water partition coefficient (Wildman–Crippen LogP) is 0.532. The molecule has 8 heavy (non-hydrogen) atoms. The number of carbonyl (C=O) groups is 1. The molecule has 0 atom stereocenters. The molecule has 0 amide bonds. The Bertz CT molecular complexity index is 116. The van der Waals surface area contributed by atoms with Gasteiger partial charge in [-0.2, -0.15) is 0 Å². The zero-order valence-corrected chi connectivity index (χ0v) is 4.59. The highest BCUT2D eigenvalue weighted by Crippen LogP contribution is 1.92. The molecule has 44 valence electrons. The van der Waals surface area contributed by atoms with Gasteiger partial charge < -0.3 is 4.74 Å². The summed E-state index contributed by atoms with van der Waals surface area (Å²) in [5, 5.41) is 0. The van der Waals surface area contributed by atoms with Gasteiger partial charge in [0.05, 0.1) is 6.61 Å². The average molecular weight is 112 g/mol. The van der Waals surface area contributed by atoms with E-state index in [2.05, 4.69) is 0 Å². The molecule has 0 aromatic rings. The highest BCUT2D eigenvalue weighted by Gasteiger charge is 1.98. The Hall–Kier alpha value is -0.630. The van der Waals surface area contributed by atoms with Crippen molar-refractivity contribution in [3.05, 3.63) is 12.2 Å². The Labute approximate surface area is 48.1 Å². The molecule has 0 fully saturated rings. The molecule has 0 bridgehead atoms. The van der Waals surface area contributed by atoms with Crippen LogP contribution in [0.1, 0.15) is 6.42 Å². The van der Waals surface area contributed by atoms with Crippen LogP contribution < -0.4 is 0 Å². The monoisotopic (exact) mass is 112 g/mol. The summed E-state index contributed by atoms with van der Waals surface area (Å²) < 4.78 is 4.89. The van der Waals surface area contributed by atoms with E-state index in [0.717, 1.165) is 6.42 Å². The first-order valence-electron chi connectivity index (χ1n) is 2.67. The van der Waals surface area contributed by atoms with Crippen molar-refractivity contribution in [1.82, 2.24) is 0 Å². The van der Waals surface area contributed by atoms with Gasteiger partial charge in [-0.25, -0.2) is 0 Å². The first-order valence-corrected chi connectivity index (χ1v) is 2.67. The minimum absolute atomic E-state index is 0.0718. The molecule has 1 rings (SSSR count). The number of hydrogen-bond donors (Lipinski definition) is 0. The third-order valence-electron chi connectivity index (χ3n) is 0.977. The van der Waals surface area contributed by atoms with Crippen LogP contribution in [-0.2, 0) is 9.53 Å². The normalized spacial score (nSPS) is 20.8. The van der Waals surface area contributed by atoms with Gasteiger partial charge in [-0.15, -0.1) is 0 Å². The van der Waals surface area contributed by atoms with Crippen LogP contribution in [0.2, 0.25) is 0 Å². The zero-order valence-electron chi connectivity index (χ0n) is 4.59. The van der Waals surface area contributed by atoms with E-state index >= 15 is 0 Å². The maximum absolute atomic E-state index is 10.5. The van der Waals surface area contributed by atoms with Crippen molar-refractivity contribution in [3.8, 4) is 0 Å². The Balaban J connectivity index is 2.44. The van der Waals surface area contributed by atoms with E-state index in [1.165, 1.54) is 0 Å². The molecule has 0 aliphatic carbocycles. The van der Waals surface area contributed by atoms with E-state index < -0.39 is 0 Å². The number of ether oxygens (including phenoxy) is 1. The van der Waals surface area contributed by atoms with Gasteiger partial charge in [0.1, 0.15) is 6.61 Å². The molecular weight excluding hydrogens is 104 g/mol. The van der Waals surface area contributed by atoms with Gasteiger partial charge in [-0.1, -0.05) is 6.08 Å². The van der Waals surface area contributed by atoms with Crippen molar-refractivity contribution in [3.63, 3.8) is 0 Å². The Morgan fingerprint density at radius 1 is 1.62 bits per heavy atom. The van der Waals surface area contributed by atoms with Crippen molar-refractivity contribution >= 4 is 5.78 Å². The van der Waals surface area contributed by atoms with Crippen molar-refractivity contribution < 1.29 is 9.53 Å². The van der Waals surface area contributed by atoms with Crippen LogP contribution in [0.5, 0.6) is 0 Å². The van der Waals surface area contributed by atoms with Gasteiger partial charge in [0.15, 0.2) is 5.78 Å². The summed E-state index contributed by atoms with van der Waals surface area (Å²) in [5.41, 5.74) is 0. The molecular formula is C6H8O2. The van der Waals surface area contributed by atoms with Crippen LogP contribution in [0.25, 0.3) is 0 Å². The van der Waals surface area contributed by atoms with Crippen molar-refractivity contribution in [2.75, 3.05) is 13.2 Å². The highest BCUT2D eigenvalue weighted by molar-refractivity contribution is 5.90. The summed E-state index contributed by atoms with van der Waals surface area (Å²) in [5.74, 6) is 0.0718. The van der Waals surface area contributed by atoms with Gasteiger partial charge in [0.25, 0.3) is 0 Å². The molecule has 0 saturated carbocycles. The molecule has 0 radical (unpaired) electrons. The molecule has 0 aromatic heterocycles. The van der Waals surface area contributed by atoms with E-state index in [1.54, 1.807) is 6.08 Å². The fourth-order valence-corrected chi connectivity index (χ4v) is 0.587. The molecule has 2 heteroatoms. The second kappa shape index (κ2) is 2.62. The van der Waals surface area contributed by atoms with Gasteiger partial charge >= 0.3 is 0 Å². The molecule has 0 unspecified atom stereocenters. The van der Waals surface area contributed by atoms with Crippen molar-refractivity contribution in [2.24, 2.45) is 0 Å². The molecule has 0 saturated heterocycles. The average Bonchev–Trinajstić information content (AvgIpc) is 1.94. The molecule has 0 N–H and O–H groups in total. The number of ketones is 1. The van der Waals surface area contributed by atoms with Crippen LogP contribution in [-0.4, -0.2) is 19.0 Å². The quantitative estimate of drug-likeness (QED) is 0.457. The van der Waals surface area contributed by atoms with E-state index in [1.807, 2.05) is 6.08 Å². The standard InChI is InChI=1S/C6H8O2/c7-6-3-1-2-4-8-5-6/h1,3H,2,4-5H2. The Morgan fingerprint density at radius 3 is 3.38 bits per heavy atom. The van der Waals surface area contributed by atoms with Gasteiger partial charge in [0, 0.05) is 0 Å². The van der Waals surface area contributed by atoms with E-state index in [0.29, 0.717) is 6.61 Å². The number of rotatable bonds is 0. The van der Waals surface area contributed by atoms with Crippen LogP contribution in [0.3, 0.4) is 0 Å². The summed E-state index contributed by atoms with van der Waals surface area (Å²) >= 11 is 0. The Morgan fingerprint density at radius 2 is 2.50 bits per heavy atom. The second-order valence-electron chi connectivity index (χ2n) is 1.71. The van der Waals surface area contributed by atoms with E-state index in [9.17, 15) is 4.79 Å². The lowest BCUT2D eigenvalue weighted by molar-refractivity contribution is -0.118. The Kier molecular flexibility index (Phi) is 1.80. The van der Waals surface area contributed by atoms with Crippen LogP contribution >= 0.6 is 0 Å². The van der Waals surface area contributed by atoms with Crippen LogP contribution in [0.15, 0.2) is 12.2 Å². The molecule has 0 spiro atoms. The number of hydrogen-bond acceptors (Lipinski definition) is 2. The van der Waals surface area contributed by atoms with Gasteiger partial charge in [-0.3, -0.25) is 4.79 Å². The lowest BCUT2D eigenvalue weighted by Crippen LogP contribution is -2.02. The molecule has 2 nitrogen and oxygen atoms in total.